The van der Waals surface area contributed by atoms with Gasteiger partial charge in [-0.15, -0.1) is 5.10 Å². The van der Waals surface area contributed by atoms with Crippen molar-refractivity contribution in [2.75, 3.05) is 0 Å². The Morgan fingerprint density at radius 2 is 1.83 bits per heavy atom. The van der Waals surface area contributed by atoms with Crippen molar-refractivity contribution in [2.24, 2.45) is 5.73 Å². The summed E-state index contributed by atoms with van der Waals surface area (Å²) in [6, 6.07) is 20.2. The molecule has 0 bridgehead atoms. The zero-order valence-electron chi connectivity index (χ0n) is 15.5. The van der Waals surface area contributed by atoms with Crippen LogP contribution in [-0.4, -0.2) is 10.2 Å². The quantitative estimate of drug-likeness (QED) is 0.467. The van der Waals surface area contributed by atoms with Crippen molar-refractivity contribution in [1.29, 1.82) is 5.26 Å². The fourth-order valence-corrected chi connectivity index (χ4v) is 4.24. The van der Waals surface area contributed by atoms with Crippen LogP contribution in [0.2, 0.25) is 5.02 Å². The molecule has 0 unspecified atom stereocenters. The number of rotatable bonds is 2. The van der Waals surface area contributed by atoms with Crippen LogP contribution in [-0.2, 0) is 0 Å². The van der Waals surface area contributed by atoms with Gasteiger partial charge in [-0.05, 0) is 22.9 Å². The molecule has 1 aromatic heterocycles. The first-order valence-electron chi connectivity index (χ1n) is 9.18. The summed E-state index contributed by atoms with van der Waals surface area (Å²) in [5.41, 5.74) is 8.21. The highest BCUT2D eigenvalue weighted by atomic mass is 35.5. The summed E-state index contributed by atoms with van der Waals surface area (Å²) in [6.07, 6.45) is 0. The third kappa shape index (κ3) is 2.64. The molecule has 1 atom stereocenters. The van der Waals surface area contributed by atoms with Gasteiger partial charge in [-0.25, -0.2) is 4.39 Å². The van der Waals surface area contributed by atoms with E-state index in [4.69, 9.17) is 22.1 Å². The van der Waals surface area contributed by atoms with Crippen LogP contribution < -0.4 is 10.5 Å². The molecule has 146 valence electrons. The molecule has 3 aromatic carbocycles. The lowest BCUT2D eigenvalue weighted by atomic mass is 9.82. The number of hydrogen-bond donors (Lipinski definition) is 2. The van der Waals surface area contributed by atoms with Crippen molar-refractivity contribution in [2.45, 2.75) is 5.92 Å². The Morgan fingerprint density at radius 1 is 1.07 bits per heavy atom. The van der Waals surface area contributed by atoms with E-state index < -0.39 is 11.7 Å². The number of nitriles is 1. The standard InChI is InChI=1S/C23H14ClFN4O/c24-16-9-4-10-17(25)19(16)18-15(11-26)22(27)30-23-20(18)21(28-29-23)14-8-3-6-12-5-1-2-7-13(12)14/h1-10,18H,27H2,(H,28,29)/t18-/m1/s1. The molecular weight excluding hydrogens is 403 g/mol. The van der Waals surface area contributed by atoms with Crippen LogP contribution in [0.4, 0.5) is 4.39 Å². The fraction of sp³-hybridized carbons (Fsp3) is 0.0435. The van der Waals surface area contributed by atoms with E-state index in [0.29, 0.717) is 11.3 Å². The molecule has 0 saturated heterocycles. The van der Waals surface area contributed by atoms with Gasteiger partial charge < -0.3 is 10.5 Å². The molecule has 4 aromatic rings. The summed E-state index contributed by atoms with van der Waals surface area (Å²) in [5.74, 6) is -1.32. The Balaban J connectivity index is 1.84. The van der Waals surface area contributed by atoms with E-state index in [1.807, 2.05) is 42.5 Å². The average molecular weight is 417 g/mol. The number of hydrogen-bond acceptors (Lipinski definition) is 4. The second kappa shape index (κ2) is 6.90. The first-order chi connectivity index (χ1) is 14.6. The van der Waals surface area contributed by atoms with Gasteiger partial charge >= 0.3 is 0 Å². The predicted molar refractivity (Wildman–Crippen MR) is 112 cm³/mol. The van der Waals surface area contributed by atoms with E-state index in [1.165, 1.54) is 12.1 Å². The number of halogens is 2. The van der Waals surface area contributed by atoms with E-state index in [1.54, 1.807) is 6.07 Å². The molecule has 0 saturated carbocycles. The smallest absolute Gasteiger partial charge is 0.244 e. The maximum absolute atomic E-state index is 14.9. The van der Waals surface area contributed by atoms with Gasteiger partial charge in [0.1, 0.15) is 17.5 Å². The minimum atomic E-state index is -0.861. The van der Waals surface area contributed by atoms with Gasteiger partial charge in [0, 0.05) is 16.1 Å². The second-order valence-electron chi connectivity index (χ2n) is 6.90. The summed E-state index contributed by atoms with van der Waals surface area (Å²) >= 11 is 6.38. The molecule has 1 aliphatic heterocycles. The molecule has 0 spiro atoms. The summed E-state index contributed by atoms with van der Waals surface area (Å²) < 4.78 is 20.5. The van der Waals surface area contributed by atoms with E-state index in [2.05, 4.69) is 16.3 Å². The van der Waals surface area contributed by atoms with E-state index in [0.717, 1.165) is 16.3 Å². The largest absolute Gasteiger partial charge is 0.420 e. The number of nitrogens with zero attached hydrogens (tertiary/aromatic N) is 2. The summed E-state index contributed by atoms with van der Waals surface area (Å²) in [6.45, 7) is 0. The molecule has 3 N–H and O–H groups in total. The molecule has 0 amide bonds. The van der Waals surface area contributed by atoms with Gasteiger partial charge in [0.05, 0.1) is 17.2 Å². The van der Waals surface area contributed by atoms with Crippen LogP contribution in [0.1, 0.15) is 17.0 Å². The van der Waals surface area contributed by atoms with Crippen molar-refractivity contribution < 1.29 is 9.13 Å². The SMILES string of the molecule is N#CC1=C(N)Oc2n[nH]c(-c3cccc4ccccc34)c2[C@H]1c1c(F)cccc1Cl. The van der Waals surface area contributed by atoms with Crippen LogP contribution >= 0.6 is 11.6 Å². The van der Waals surface area contributed by atoms with Crippen LogP contribution in [0.25, 0.3) is 22.0 Å². The Morgan fingerprint density at radius 3 is 2.63 bits per heavy atom. The van der Waals surface area contributed by atoms with Gasteiger partial charge in [-0.2, -0.15) is 5.26 Å². The number of aromatic amines is 1. The van der Waals surface area contributed by atoms with Crippen molar-refractivity contribution >= 4 is 22.4 Å². The lowest BCUT2D eigenvalue weighted by molar-refractivity contribution is 0.378. The number of H-pyrrole nitrogens is 1. The zero-order chi connectivity index (χ0) is 20.8. The topological polar surface area (TPSA) is 87.7 Å². The van der Waals surface area contributed by atoms with E-state index >= 15 is 0 Å². The summed E-state index contributed by atoms with van der Waals surface area (Å²) in [5, 5.41) is 19.3. The lowest BCUT2D eigenvalue weighted by Gasteiger charge is -2.25. The monoisotopic (exact) mass is 416 g/mol. The van der Waals surface area contributed by atoms with Gasteiger partial charge in [-0.3, -0.25) is 5.10 Å². The average Bonchev–Trinajstić information content (AvgIpc) is 3.16. The Kier molecular flexibility index (Phi) is 4.19. The van der Waals surface area contributed by atoms with Crippen LogP contribution in [0.5, 0.6) is 5.88 Å². The molecule has 0 fully saturated rings. The Hall–Kier alpha value is -3.82. The number of allylic oxidation sites excluding steroid dienone is 1. The number of fused-ring (bicyclic) bond motifs is 2. The number of aromatic nitrogens is 2. The van der Waals surface area contributed by atoms with E-state index in [9.17, 15) is 9.65 Å². The third-order valence-electron chi connectivity index (χ3n) is 5.29. The van der Waals surface area contributed by atoms with Crippen molar-refractivity contribution in [1.82, 2.24) is 10.2 Å². The van der Waals surface area contributed by atoms with E-state index in [-0.39, 0.29) is 27.9 Å². The first kappa shape index (κ1) is 18.2. The zero-order valence-corrected chi connectivity index (χ0v) is 16.2. The Labute approximate surface area is 176 Å². The minimum absolute atomic E-state index is 0.0809. The molecule has 0 aliphatic carbocycles. The molecule has 1 aliphatic rings. The highest BCUT2D eigenvalue weighted by Gasteiger charge is 2.38. The molecule has 5 rings (SSSR count). The van der Waals surface area contributed by atoms with Crippen molar-refractivity contribution in [3.05, 3.63) is 94.1 Å². The lowest BCUT2D eigenvalue weighted by Crippen LogP contribution is -2.21. The summed E-state index contributed by atoms with van der Waals surface area (Å²) in [4.78, 5) is 0. The normalized spacial score (nSPS) is 15.6. The van der Waals surface area contributed by atoms with Gasteiger partial charge in [0.2, 0.25) is 11.8 Å². The fourth-order valence-electron chi connectivity index (χ4n) is 3.97. The Bertz CT molecular complexity index is 1360. The molecule has 2 heterocycles. The number of nitrogens with one attached hydrogen (secondary N) is 1. The van der Waals surface area contributed by atoms with Gasteiger partial charge in [0.25, 0.3) is 0 Å². The number of ether oxygens (including phenoxy) is 1. The van der Waals surface area contributed by atoms with Crippen LogP contribution in [0, 0.1) is 17.1 Å². The molecule has 0 radical (unpaired) electrons. The second-order valence-corrected chi connectivity index (χ2v) is 7.31. The maximum Gasteiger partial charge on any atom is 0.244 e. The predicted octanol–water partition coefficient (Wildman–Crippen LogP) is 5.24. The van der Waals surface area contributed by atoms with Gasteiger partial charge in [0.15, 0.2) is 0 Å². The number of nitrogens with two attached hydrogens (primary N) is 1. The van der Waals surface area contributed by atoms with Crippen molar-refractivity contribution in [3.63, 3.8) is 0 Å². The van der Waals surface area contributed by atoms with Crippen LogP contribution in [0.3, 0.4) is 0 Å². The molecule has 5 nitrogen and oxygen atoms in total. The van der Waals surface area contributed by atoms with Gasteiger partial charge in [-0.1, -0.05) is 60.1 Å². The highest BCUT2D eigenvalue weighted by molar-refractivity contribution is 6.31. The van der Waals surface area contributed by atoms with Crippen LogP contribution in [0.15, 0.2) is 72.1 Å². The molecule has 30 heavy (non-hydrogen) atoms. The first-order valence-corrected chi connectivity index (χ1v) is 9.56. The van der Waals surface area contributed by atoms with Crippen molar-refractivity contribution in [3.8, 4) is 23.2 Å². The molecular formula is C23H14ClFN4O. The highest BCUT2D eigenvalue weighted by Crippen LogP contribution is 2.48. The minimum Gasteiger partial charge on any atom is -0.420 e. The molecule has 7 heteroatoms. The maximum atomic E-state index is 14.9. The summed E-state index contributed by atoms with van der Waals surface area (Å²) in [7, 11) is 0. The number of benzene rings is 3. The third-order valence-corrected chi connectivity index (χ3v) is 5.62.